The van der Waals surface area contributed by atoms with Gasteiger partial charge in [-0.05, 0) is 36.6 Å². The van der Waals surface area contributed by atoms with Crippen LogP contribution in [0, 0.1) is 12.8 Å². The second-order valence-electron chi connectivity index (χ2n) is 4.44. The number of carbonyl (C=O) groups excluding carboxylic acids is 1. The van der Waals surface area contributed by atoms with Crippen molar-refractivity contribution in [3.63, 3.8) is 0 Å². The molecule has 0 fully saturated rings. The van der Waals surface area contributed by atoms with Crippen molar-refractivity contribution in [1.29, 1.82) is 0 Å². The molecular weight excluding hydrogens is 257 g/mol. The maximum atomic E-state index is 12.0. The van der Waals surface area contributed by atoms with E-state index in [0.717, 1.165) is 5.56 Å². The van der Waals surface area contributed by atoms with E-state index in [4.69, 9.17) is 23.2 Å². The monoisotopic (exact) mass is 273 g/mol. The molecule has 1 N–H and O–H groups in total. The standard InChI is InChI=1S/C13H17Cl2NO/c1-8(2)12(7-14)16-13(17)10-4-5-11(15)9(3)6-10/h4-6,8,12H,7H2,1-3H3,(H,16,17). The van der Waals surface area contributed by atoms with Gasteiger partial charge >= 0.3 is 0 Å². The zero-order valence-electron chi connectivity index (χ0n) is 10.3. The molecule has 0 saturated carbocycles. The van der Waals surface area contributed by atoms with Gasteiger partial charge in [-0.3, -0.25) is 4.79 Å². The minimum absolute atomic E-state index is 0.0137. The number of benzene rings is 1. The van der Waals surface area contributed by atoms with Gasteiger partial charge in [0, 0.05) is 22.5 Å². The van der Waals surface area contributed by atoms with Crippen molar-refractivity contribution in [3.05, 3.63) is 34.3 Å². The molecule has 0 aliphatic heterocycles. The minimum Gasteiger partial charge on any atom is -0.348 e. The third-order valence-corrected chi connectivity index (χ3v) is 3.46. The lowest BCUT2D eigenvalue weighted by atomic mass is 10.1. The smallest absolute Gasteiger partial charge is 0.251 e. The lowest BCUT2D eigenvalue weighted by molar-refractivity contribution is 0.0931. The number of amides is 1. The van der Waals surface area contributed by atoms with Crippen LogP contribution in [0.2, 0.25) is 5.02 Å². The first kappa shape index (κ1) is 14.3. The number of nitrogens with one attached hydrogen (secondary N) is 1. The predicted octanol–water partition coefficient (Wildman–Crippen LogP) is 3.64. The highest BCUT2D eigenvalue weighted by molar-refractivity contribution is 6.31. The molecule has 0 bridgehead atoms. The van der Waals surface area contributed by atoms with Crippen LogP contribution in [-0.2, 0) is 0 Å². The van der Waals surface area contributed by atoms with Gasteiger partial charge in [0.2, 0.25) is 0 Å². The van der Waals surface area contributed by atoms with E-state index >= 15 is 0 Å². The molecule has 2 nitrogen and oxygen atoms in total. The van der Waals surface area contributed by atoms with E-state index < -0.39 is 0 Å². The van der Waals surface area contributed by atoms with Gasteiger partial charge in [-0.15, -0.1) is 11.6 Å². The van der Waals surface area contributed by atoms with Gasteiger partial charge in [0.15, 0.2) is 0 Å². The summed E-state index contributed by atoms with van der Waals surface area (Å²) in [5, 5.41) is 3.58. The van der Waals surface area contributed by atoms with Crippen molar-refractivity contribution >= 4 is 29.1 Å². The Morgan fingerprint density at radius 3 is 2.53 bits per heavy atom. The molecule has 1 amide bonds. The Morgan fingerprint density at radius 1 is 1.41 bits per heavy atom. The average Bonchev–Trinajstić information content (AvgIpc) is 2.28. The topological polar surface area (TPSA) is 29.1 Å². The Kier molecular flexibility index (Phi) is 5.29. The van der Waals surface area contributed by atoms with Gasteiger partial charge < -0.3 is 5.32 Å². The largest absolute Gasteiger partial charge is 0.348 e. The van der Waals surface area contributed by atoms with Crippen LogP contribution in [0.5, 0.6) is 0 Å². The molecule has 0 radical (unpaired) electrons. The number of aryl methyl sites for hydroxylation is 1. The first-order chi connectivity index (χ1) is 7.95. The molecule has 0 heterocycles. The molecular formula is C13H17Cl2NO. The van der Waals surface area contributed by atoms with E-state index in [-0.39, 0.29) is 11.9 Å². The second-order valence-corrected chi connectivity index (χ2v) is 5.16. The number of halogens is 2. The van der Waals surface area contributed by atoms with E-state index in [1.807, 2.05) is 20.8 Å². The molecule has 0 aliphatic rings. The van der Waals surface area contributed by atoms with Crippen molar-refractivity contribution in [1.82, 2.24) is 5.32 Å². The summed E-state index contributed by atoms with van der Waals surface area (Å²) in [6.07, 6.45) is 0. The first-order valence-electron chi connectivity index (χ1n) is 5.58. The van der Waals surface area contributed by atoms with Gasteiger partial charge in [-0.1, -0.05) is 25.4 Å². The lowest BCUT2D eigenvalue weighted by Gasteiger charge is -2.19. The van der Waals surface area contributed by atoms with Gasteiger partial charge in [-0.25, -0.2) is 0 Å². The zero-order chi connectivity index (χ0) is 13.0. The fraction of sp³-hybridized carbons (Fsp3) is 0.462. The summed E-state index contributed by atoms with van der Waals surface area (Å²) in [5.41, 5.74) is 1.51. The van der Waals surface area contributed by atoms with E-state index in [2.05, 4.69) is 5.32 Å². The third kappa shape index (κ3) is 3.90. The Labute approximate surface area is 112 Å². The maximum absolute atomic E-state index is 12.0. The van der Waals surface area contributed by atoms with Crippen molar-refractivity contribution in [2.45, 2.75) is 26.8 Å². The summed E-state index contributed by atoms with van der Waals surface area (Å²) < 4.78 is 0. The maximum Gasteiger partial charge on any atom is 0.251 e. The molecule has 94 valence electrons. The van der Waals surface area contributed by atoms with Crippen molar-refractivity contribution in [3.8, 4) is 0 Å². The van der Waals surface area contributed by atoms with Gasteiger partial charge in [0.25, 0.3) is 5.91 Å². The number of hydrogen-bond donors (Lipinski definition) is 1. The van der Waals surface area contributed by atoms with E-state index in [9.17, 15) is 4.79 Å². The summed E-state index contributed by atoms with van der Waals surface area (Å²) in [4.78, 5) is 12.0. The molecule has 1 aromatic rings. The fourth-order valence-electron chi connectivity index (χ4n) is 1.42. The summed E-state index contributed by atoms with van der Waals surface area (Å²) in [6, 6.07) is 5.22. The molecule has 0 aromatic heterocycles. The van der Waals surface area contributed by atoms with Crippen LogP contribution < -0.4 is 5.32 Å². The molecule has 0 spiro atoms. The minimum atomic E-state index is -0.107. The Morgan fingerprint density at radius 2 is 2.06 bits per heavy atom. The van der Waals surface area contributed by atoms with Crippen LogP contribution in [0.4, 0.5) is 0 Å². The fourth-order valence-corrected chi connectivity index (χ4v) is 1.97. The van der Waals surface area contributed by atoms with E-state index in [1.165, 1.54) is 0 Å². The number of rotatable bonds is 4. The average molecular weight is 274 g/mol. The molecule has 1 atom stereocenters. The highest BCUT2D eigenvalue weighted by Gasteiger charge is 2.16. The molecule has 4 heteroatoms. The summed E-state index contributed by atoms with van der Waals surface area (Å²) in [5.74, 6) is 0.615. The Balaban J connectivity index is 2.79. The Hall–Kier alpha value is -0.730. The molecule has 0 aliphatic carbocycles. The van der Waals surface area contributed by atoms with Crippen LogP contribution in [0.15, 0.2) is 18.2 Å². The van der Waals surface area contributed by atoms with Gasteiger partial charge in [0.05, 0.1) is 0 Å². The highest BCUT2D eigenvalue weighted by atomic mass is 35.5. The number of hydrogen-bond acceptors (Lipinski definition) is 1. The Bertz CT molecular complexity index is 404. The van der Waals surface area contributed by atoms with Crippen molar-refractivity contribution < 1.29 is 4.79 Å². The van der Waals surface area contributed by atoms with Crippen LogP contribution in [-0.4, -0.2) is 17.8 Å². The number of alkyl halides is 1. The molecule has 17 heavy (non-hydrogen) atoms. The zero-order valence-corrected chi connectivity index (χ0v) is 11.8. The molecule has 1 aromatic carbocycles. The summed E-state index contributed by atoms with van der Waals surface area (Å²) in [7, 11) is 0. The first-order valence-corrected chi connectivity index (χ1v) is 6.50. The van der Waals surface area contributed by atoms with Crippen molar-refractivity contribution in [2.24, 2.45) is 5.92 Å². The summed E-state index contributed by atoms with van der Waals surface area (Å²) >= 11 is 11.7. The lowest BCUT2D eigenvalue weighted by Crippen LogP contribution is -2.39. The normalized spacial score (nSPS) is 12.6. The van der Waals surface area contributed by atoms with Crippen LogP contribution >= 0.6 is 23.2 Å². The number of carbonyl (C=O) groups is 1. The van der Waals surface area contributed by atoms with Crippen LogP contribution in [0.1, 0.15) is 29.8 Å². The van der Waals surface area contributed by atoms with Crippen molar-refractivity contribution in [2.75, 3.05) is 5.88 Å². The van der Waals surface area contributed by atoms with E-state index in [1.54, 1.807) is 18.2 Å². The summed E-state index contributed by atoms with van der Waals surface area (Å²) in [6.45, 7) is 5.93. The SMILES string of the molecule is Cc1cc(C(=O)NC(CCl)C(C)C)ccc1Cl. The molecule has 1 unspecified atom stereocenters. The quantitative estimate of drug-likeness (QED) is 0.834. The van der Waals surface area contributed by atoms with Gasteiger partial charge in [-0.2, -0.15) is 0 Å². The van der Waals surface area contributed by atoms with Crippen LogP contribution in [0.3, 0.4) is 0 Å². The molecule has 0 saturated heterocycles. The molecule has 1 rings (SSSR count). The van der Waals surface area contributed by atoms with Gasteiger partial charge in [0.1, 0.15) is 0 Å². The van der Waals surface area contributed by atoms with Crippen LogP contribution in [0.25, 0.3) is 0 Å². The predicted molar refractivity (Wildman–Crippen MR) is 73.0 cm³/mol. The third-order valence-electron chi connectivity index (χ3n) is 2.71. The highest BCUT2D eigenvalue weighted by Crippen LogP contribution is 2.16. The van der Waals surface area contributed by atoms with E-state index in [0.29, 0.717) is 22.4 Å². The second kappa shape index (κ2) is 6.27.